The highest BCUT2D eigenvalue weighted by atomic mass is 127. The molecule has 158 valence electrons. The van der Waals surface area contributed by atoms with Crippen LogP contribution in [0, 0.1) is 6.92 Å². The smallest absolute Gasteiger partial charge is 0.211 e. The number of aryl methyl sites for hydroxylation is 2. The summed E-state index contributed by atoms with van der Waals surface area (Å²) >= 11 is 0. The first-order valence-electron chi connectivity index (χ1n) is 9.38. The number of benzene rings is 1. The molecule has 10 heteroatoms. The Morgan fingerprint density at radius 1 is 1.18 bits per heavy atom. The fraction of sp³-hybridized carbons (Fsp3) is 0.556. The number of nitrogens with one attached hydrogen (secondary N) is 3. The van der Waals surface area contributed by atoms with Crippen molar-refractivity contribution < 1.29 is 8.42 Å². The molecule has 0 saturated heterocycles. The maximum absolute atomic E-state index is 11.4. The van der Waals surface area contributed by atoms with Gasteiger partial charge >= 0.3 is 0 Å². The molecule has 0 amide bonds. The molecular formula is C18H31IN6O2S. The van der Waals surface area contributed by atoms with Crippen LogP contribution in [0.3, 0.4) is 0 Å². The normalized spacial score (nSPS) is 12.0. The van der Waals surface area contributed by atoms with Gasteiger partial charge in [-0.2, -0.15) is 0 Å². The predicted molar refractivity (Wildman–Crippen MR) is 126 cm³/mol. The van der Waals surface area contributed by atoms with Gasteiger partial charge < -0.3 is 15.2 Å². The van der Waals surface area contributed by atoms with Crippen LogP contribution in [0.2, 0.25) is 0 Å². The standard InChI is InChI=1S/C18H30N6O2S.HI/c1-4-19-18(21-12-13-22-27(25,26)5-2)20-11-8-14-24-15(3)23-16-9-6-7-10-17(16)24;/h6-7,9-10,22H,4-5,8,11-14H2,1-3H3,(H2,19,20,21);1H. The number of para-hydroxylation sites is 2. The zero-order valence-electron chi connectivity index (χ0n) is 16.7. The number of fused-ring (bicyclic) bond motifs is 1. The minimum absolute atomic E-state index is 0. The largest absolute Gasteiger partial charge is 0.357 e. The summed E-state index contributed by atoms with van der Waals surface area (Å²) in [6, 6.07) is 8.13. The first-order chi connectivity index (χ1) is 13.0. The highest BCUT2D eigenvalue weighted by Crippen LogP contribution is 2.15. The van der Waals surface area contributed by atoms with Gasteiger partial charge in [-0.05, 0) is 39.3 Å². The van der Waals surface area contributed by atoms with E-state index in [0.717, 1.165) is 36.4 Å². The Morgan fingerprint density at radius 3 is 2.64 bits per heavy atom. The molecule has 0 aliphatic carbocycles. The van der Waals surface area contributed by atoms with Gasteiger partial charge in [0.2, 0.25) is 10.0 Å². The molecule has 0 saturated carbocycles. The fourth-order valence-electron chi connectivity index (χ4n) is 2.73. The molecule has 0 radical (unpaired) electrons. The van der Waals surface area contributed by atoms with Crippen molar-refractivity contribution in [1.82, 2.24) is 24.9 Å². The fourth-order valence-corrected chi connectivity index (χ4v) is 3.35. The molecule has 0 fully saturated rings. The third-order valence-electron chi connectivity index (χ3n) is 4.12. The molecule has 2 aromatic rings. The van der Waals surface area contributed by atoms with Crippen molar-refractivity contribution in [2.75, 3.05) is 31.9 Å². The number of nitrogens with zero attached hydrogens (tertiary/aromatic N) is 3. The van der Waals surface area contributed by atoms with Gasteiger partial charge in [-0.1, -0.05) is 12.1 Å². The number of imidazole rings is 1. The van der Waals surface area contributed by atoms with Gasteiger partial charge in [-0.15, -0.1) is 24.0 Å². The average molecular weight is 522 g/mol. The second-order valence-electron chi connectivity index (χ2n) is 6.14. The number of rotatable bonds is 10. The Hall–Kier alpha value is -1.40. The number of guanidine groups is 1. The quantitative estimate of drug-likeness (QED) is 0.192. The molecule has 0 unspecified atom stereocenters. The van der Waals surface area contributed by atoms with Crippen LogP contribution in [0.25, 0.3) is 11.0 Å². The number of aliphatic imine (C=N–C) groups is 1. The Labute approximate surface area is 184 Å². The minimum atomic E-state index is -3.16. The average Bonchev–Trinajstić information content (AvgIpc) is 2.97. The van der Waals surface area contributed by atoms with Gasteiger partial charge in [0.1, 0.15) is 5.82 Å². The minimum Gasteiger partial charge on any atom is -0.357 e. The van der Waals surface area contributed by atoms with E-state index in [1.54, 1.807) is 6.92 Å². The summed E-state index contributed by atoms with van der Waals surface area (Å²) in [5, 5.41) is 6.32. The zero-order valence-corrected chi connectivity index (χ0v) is 19.9. The van der Waals surface area contributed by atoms with Gasteiger partial charge in [-0.25, -0.2) is 18.1 Å². The van der Waals surface area contributed by atoms with Gasteiger partial charge in [0.15, 0.2) is 5.96 Å². The Balaban J connectivity index is 0.00000392. The van der Waals surface area contributed by atoms with Gasteiger partial charge in [0, 0.05) is 32.7 Å². The second-order valence-corrected chi connectivity index (χ2v) is 8.23. The van der Waals surface area contributed by atoms with E-state index in [1.165, 1.54) is 0 Å². The van der Waals surface area contributed by atoms with E-state index in [9.17, 15) is 8.42 Å². The zero-order chi connectivity index (χ0) is 19.7. The third kappa shape index (κ3) is 7.55. The van der Waals surface area contributed by atoms with Crippen LogP contribution in [0.1, 0.15) is 26.1 Å². The predicted octanol–water partition coefficient (Wildman–Crippen LogP) is 1.85. The SMILES string of the molecule is CCNC(=NCCCn1c(C)nc2ccccc21)NCCNS(=O)(=O)CC.I. The van der Waals surface area contributed by atoms with E-state index in [0.29, 0.717) is 25.6 Å². The lowest BCUT2D eigenvalue weighted by molar-refractivity contribution is 0.581. The summed E-state index contributed by atoms with van der Waals surface area (Å²) in [6.07, 6.45) is 0.889. The van der Waals surface area contributed by atoms with E-state index >= 15 is 0 Å². The van der Waals surface area contributed by atoms with Crippen molar-refractivity contribution in [2.24, 2.45) is 4.99 Å². The van der Waals surface area contributed by atoms with Crippen molar-refractivity contribution >= 4 is 51.0 Å². The van der Waals surface area contributed by atoms with Crippen molar-refractivity contribution in [1.29, 1.82) is 0 Å². The summed E-state index contributed by atoms with van der Waals surface area (Å²) in [7, 11) is -3.16. The lowest BCUT2D eigenvalue weighted by Crippen LogP contribution is -2.41. The summed E-state index contributed by atoms with van der Waals surface area (Å²) in [5.41, 5.74) is 2.16. The number of aromatic nitrogens is 2. The Kier molecular flexibility index (Phi) is 10.8. The third-order valence-corrected chi connectivity index (χ3v) is 5.52. The maximum atomic E-state index is 11.4. The van der Waals surface area contributed by atoms with E-state index in [2.05, 4.69) is 36.0 Å². The number of hydrogen-bond donors (Lipinski definition) is 3. The number of halogens is 1. The van der Waals surface area contributed by atoms with Crippen molar-refractivity contribution in [3.8, 4) is 0 Å². The topological polar surface area (TPSA) is 100 Å². The molecule has 28 heavy (non-hydrogen) atoms. The van der Waals surface area contributed by atoms with Crippen LogP contribution >= 0.6 is 24.0 Å². The molecule has 1 aromatic carbocycles. The second kappa shape index (κ2) is 12.2. The van der Waals surface area contributed by atoms with E-state index in [1.807, 2.05) is 32.0 Å². The molecule has 3 N–H and O–H groups in total. The molecule has 2 rings (SSSR count). The molecule has 0 spiro atoms. The van der Waals surface area contributed by atoms with E-state index < -0.39 is 10.0 Å². The number of sulfonamides is 1. The first-order valence-corrected chi connectivity index (χ1v) is 11.0. The van der Waals surface area contributed by atoms with Crippen LogP contribution in [0.5, 0.6) is 0 Å². The highest BCUT2D eigenvalue weighted by Gasteiger charge is 2.07. The van der Waals surface area contributed by atoms with Crippen LogP contribution < -0.4 is 15.4 Å². The lowest BCUT2D eigenvalue weighted by Gasteiger charge is -2.12. The van der Waals surface area contributed by atoms with Crippen molar-refractivity contribution in [3.05, 3.63) is 30.1 Å². The molecule has 0 atom stereocenters. The van der Waals surface area contributed by atoms with Crippen LogP contribution in [-0.4, -0.2) is 55.9 Å². The molecule has 1 heterocycles. The Morgan fingerprint density at radius 2 is 1.93 bits per heavy atom. The lowest BCUT2D eigenvalue weighted by atomic mass is 10.3. The molecule has 0 aliphatic heterocycles. The van der Waals surface area contributed by atoms with Gasteiger partial charge in [0.25, 0.3) is 0 Å². The highest BCUT2D eigenvalue weighted by molar-refractivity contribution is 14.0. The number of hydrogen-bond acceptors (Lipinski definition) is 4. The molecule has 8 nitrogen and oxygen atoms in total. The Bertz CT molecular complexity index is 866. The molecular weight excluding hydrogens is 491 g/mol. The molecule has 0 aliphatic rings. The maximum Gasteiger partial charge on any atom is 0.211 e. The van der Waals surface area contributed by atoms with Gasteiger partial charge in [0.05, 0.1) is 16.8 Å². The summed E-state index contributed by atoms with van der Waals surface area (Å²) in [4.78, 5) is 9.14. The van der Waals surface area contributed by atoms with Crippen molar-refractivity contribution in [3.63, 3.8) is 0 Å². The van der Waals surface area contributed by atoms with Crippen molar-refractivity contribution in [2.45, 2.75) is 33.7 Å². The van der Waals surface area contributed by atoms with E-state index in [4.69, 9.17) is 0 Å². The van der Waals surface area contributed by atoms with Gasteiger partial charge in [-0.3, -0.25) is 4.99 Å². The monoisotopic (exact) mass is 522 g/mol. The van der Waals surface area contributed by atoms with Crippen LogP contribution in [-0.2, 0) is 16.6 Å². The van der Waals surface area contributed by atoms with E-state index in [-0.39, 0.29) is 29.7 Å². The molecule has 1 aromatic heterocycles. The van der Waals surface area contributed by atoms with Crippen LogP contribution in [0.4, 0.5) is 0 Å². The first kappa shape index (κ1) is 24.6. The van der Waals surface area contributed by atoms with Crippen LogP contribution in [0.15, 0.2) is 29.3 Å². The molecule has 0 bridgehead atoms. The summed E-state index contributed by atoms with van der Waals surface area (Å²) in [6.45, 7) is 8.72. The summed E-state index contributed by atoms with van der Waals surface area (Å²) in [5.74, 6) is 1.79. The summed E-state index contributed by atoms with van der Waals surface area (Å²) < 4.78 is 27.6.